The highest BCUT2D eigenvalue weighted by Gasteiger charge is 2.32. The molecule has 14 heteroatoms. The summed E-state index contributed by atoms with van der Waals surface area (Å²) in [4.78, 5) is 75.0. The standard InChI is InChI=1S/C45H49N9O5/c1-27(55)51-38(23-28-16-18-30-9-2-4-11-32(30)21-28)42(57)53-39(24-29-17-19-31-10-3-5-12-33(31)22-29)43(58)54-40(25-34-26-50-36-14-7-6-13-35(34)36)44(59)52-37(41(46)56)15-8-20-49-45(47)48/h2-7,9-14,16-19,21-22,26,37-40,50H,8,15,20,23-25H2,1H3,(H2,46,56)(H,51,55)(H,52,59)(H,53,57)(H,54,58)(H4,47,48,49)/t37-,38+,39+,40-/m0/s1. The molecule has 0 fully saturated rings. The Labute approximate surface area is 341 Å². The van der Waals surface area contributed by atoms with Crippen LogP contribution < -0.4 is 38.5 Å². The molecule has 6 aromatic rings. The van der Waals surface area contributed by atoms with E-state index in [0.717, 1.165) is 49.1 Å². The highest BCUT2D eigenvalue weighted by Crippen LogP contribution is 2.21. The van der Waals surface area contributed by atoms with Crippen molar-refractivity contribution in [1.29, 1.82) is 0 Å². The van der Waals surface area contributed by atoms with E-state index in [1.54, 1.807) is 6.20 Å². The van der Waals surface area contributed by atoms with Gasteiger partial charge in [-0.1, -0.05) is 103 Å². The van der Waals surface area contributed by atoms with E-state index in [1.165, 1.54) is 6.92 Å². The molecule has 0 unspecified atom stereocenters. The number of guanidine groups is 1. The number of aromatic amines is 1. The smallest absolute Gasteiger partial charge is 0.243 e. The van der Waals surface area contributed by atoms with Gasteiger partial charge in [0.15, 0.2) is 5.96 Å². The molecule has 1 heterocycles. The molecule has 0 aliphatic heterocycles. The van der Waals surface area contributed by atoms with E-state index >= 15 is 0 Å². The number of nitrogens with zero attached hydrogens (tertiary/aromatic N) is 1. The normalized spacial score (nSPS) is 13.2. The average Bonchev–Trinajstić information content (AvgIpc) is 3.63. The topological polar surface area (TPSA) is 240 Å². The molecule has 5 aromatic carbocycles. The maximum absolute atomic E-state index is 14.6. The fourth-order valence-corrected chi connectivity index (χ4v) is 7.20. The minimum atomic E-state index is -1.21. The lowest BCUT2D eigenvalue weighted by atomic mass is 9.98. The first kappa shape index (κ1) is 41.4. The summed E-state index contributed by atoms with van der Waals surface area (Å²) in [5.41, 5.74) is 19.7. The van der Waals surface area contributed by atoms with Crippen molar-refractivity contribution < 1.29 is 24.0 Å². The van der Waals surface area contributed by atoms with Crippen molar-refractivity contribution in [2.45, 2.75) is 63.2 Å². The zero-order chi connectivity index (χ0) is 41.9. The van der Waals surface area contributed by atoms with Crippen LogP contribution in [0, 0.1) is 0 Å². The van der Waals surface area contributed by atoms with E-state index in [-0.39, 0.29) is 38.2 Å². The van der Waals surface area contributed by atoms with Gasteiger partial charge < -0.3 is 43.5 Å². The highest BCUT2D eigenvalue weighted by atomic mass is 16.2. The lowest BCUT2D eigenvalue weighted by Gasteiger charge is -2.26. The van der Waals surface area contributed by atoms with Gasteiger partial charge in [-0.2, -0.15) is 0 Å². The monoisotopic (exact) mass is 795 g/mol. The number of carbonyl (C=O) groups excluding carboxylic acids is 5. The van der Waals surface area contributed by atoms with Crippen LogP contribution in [-0.2, 0) is 43.2 Å². The third kappa shape index (κ3) is 11.2. The van der Waals surface area contributed by atoms with Crippen LogP contribution in [0.1, 0.15) is 36.5 Å². The molecular weight excluding hydrogens is 747 g/mol. The second-order valence-corrected chi connectivity index (χ2v) is 14.6. The second kappa shape index (κ2) is 19.3. The van der Waals surface area contributed by atoms with Gasteiger partial charge in [0.05, 0.1) is 0 Å². The van der Waals surface area contributed by atoms with E-state index < -0.39 is 53.7 Å². The number of amides is 5. The number of rotatable bonds is 18. The molecule has 0 radical (unpaired) electrons. The zero-order valence-corrected chi connectivity index (χ0v) is 32.7. The summed E-state index contributed by atoms with van der Waals surface area (Å²) in [6.07, 6.45) is 2.50. The molecule has 6 rings (SSSR count). The van der Waals surface area contributed by atoms with Crippen molar-refractivity contribution in [3.05, 3.63) is 132 Å². The Balaban J connectivity index is 1.30. The van der Waals surface area contributed by atoms with Crippen LogP contribution in [-0.4, -0.2) is 71.2 Å². The van der Waals surface area contributed by atoms with E-state index in [0.29, 0.717) is 6.42 Å². The fraction of sp³-hybridized carbons (Fsp3) is 0.244. The molecule has 0 saturated heterocycles. The molecular formula is C45H49N9O5. The number of hydrogen-bond acceptors (Lipinski definition) is 6. The average molecular weight is 796 g/mol. The van der Waals surface area contributed by atoms with Gasteiger partial charge in [-0.15, -0.1) is 0 Å². The predicted molar refractivity (Wildman–Crippen MR) is 230 cm³/mol. The number of hydrogen-bond donors (Lipinski definition) is 8. The Morgan fingerprint density at radius 1 is 0.593 bits per heavy atom. The third-order valence-electron chi connectivity index (χ3n) is 10.2. The molecule has 1 aromatic heterocycles. The lowest BCUT2D eigenvalue weighted by Crippen LogP contribution is -2.59. The maximum atomic E-state index is 14.6. The van der Waals surface area contributed by atoms with Crippen molar-refractivity contribution in [1.82, 2.24) is 26.3 Å². The largest absolute Gasteiger partial charge is 0.370 e. The molecule has 5 amide bonds. The molecule has 0 aliphatic carbocycles. The first-order valence-corrected chi connectivity index (χ1v) is 19.5. The number of aromatic nitrogens is 1. The van der Waals surface area contributed by atoms with Gasteiger partial charge in [0.2, 0.25) is 29.5 Å². The Morgan fingerprint density at radius 2 is 1.08 bits per heavy atom. The van der Waals surface area contributed by atoms with Gasteiger partial charge in [-0.25, -0.2) is 0 Å². The fourth-order valence-electron chi connectivity index (χ4n) is 7.20. The molecule has 0 saturated carbocycles. The number of primary amides is 1. The minimum Gasteiger partial charge on any atom is -0.370 e. The molecule has 14 nitrogen and oxygen atoms in total. The zero-order valence-electron chi connectivity index (χ0n) is 32.7. The van der Waals surface area contributed by atoms with E-state index in [2.05, 4.69) is 31.2 Å². The number of fused-ring (bicyclic) bond motifs is 3. The van der Waals surface area contributed by atoms with Crippen LogP contribution in [0.3, 0.4) is 0 Å². The van der Waals surface area contributed by atoms with Gasteiger partial charge >= 0.3 is 0 Å². The Bertz CT molecular complexity index is 2510. The summed E-state index contributed by atoms with van der Waals surface area (Å²) in [5, 5.41) is 16.1. The SMILES string of the molecule is CC(=O)N[C@H](Cc1ccc2ccccc2c1)C(=O)N[C@H](Cc1ccc2ccccc2c1)C(=O)N[C@@H](Cc1c[nH]c2ccccc12)C(=O)N[C@@H](CCCN=C(N)N)C(N)=O. The number of H-pyrrole nitrogens is 1. The minimum absolute atomic E-state index is 0.0359. The van der Waals surface area contributed by atoms with Crippen molar-refractivity contribution in [2.24, 2.45) is 22.2 Å². The summed E-state index contributed by atoms with van der Waals surface area (Å²) in [5.74, 6) is -3.17. The van der Waals surface area contributed by atoms with E-state index in [4.69, 9.17) is 17.2 Å². The number of benzene rings is 5. The highest BCUT2D eigenvalue weighted by molar-refractivity contribution is 5.96. The Morgan fingerprint density at radius 3 is 1.63 bits per heavy atom. The third-order valence-corrected chi connectivity index (χ3v) is 10.2. The number of nitrogens with two attached hydrogens (primary N) is 3. The summed E-state index contributed by atoms with van der Waals surface area (Å²) >= 11 is 0. The van der Waals surface area contributed by atoms with Gasteiger partial charge in [0.1, 0.15) is 24.2 Å². The number of carbonyl (C=O) groups is 5. The van der Waals surface area contributed by atoms with Crippen LogP contribution >= 0.6 is 0 Å². The first-order valence-electron chi connectivity index (χ1n) is 19.5. The first-order chi connectivity index (χ1) is 28.4. The quantitative estimate of drug-likeness (QED) is 0.0367. The lowest BCUT2D eigenvalue weighted by molar-refractivity contribution is -0.134. The second-order valence-electron chi connectivity index (χ2n) is 14.6. The van der Waals surface area contributed by atoms with E-state index in [1.807, 2.05) is 109 Å². The molecule has 0 spiro atoms. The Kier molecular flexibility index (Phi) is 13.5. The van der Waals surface area contributed by atoms with Gasteiger partial charge in [-0.05, 0) is 57.1 Å². The predicted octanol–water partition coefficient (Wildman–Crippen LogP) is 3.00. The molecule has 0 bridgehead atoms. The van der Waals surface area contributed by atoms with E-state index in [9.17, 15) is 24.0 Å². The van der Waals surface area contributed by atoms with Crippen LogP contribution in [0.5, 0.6) is 0 Å². The number of aliphatic imine (C=N–C) groups is 1. The van der Waals surface area contributed by atoms with Crippen LogP contribution in [0.4, 0.5) is 0 Å². The molecule has 304 valence electrons. The summed E-state index contributed by atoms with van der Waals surface area (Å²) in [6.45, 7) is 1.54. The molecule has 59 heavy (non-hydrogen) atoms. The molecule has 4 atom stereocenters. The molecule has 0 aliphatic rings. The van der Waals surface area contributed by atoms with Crippen molar-refractivity contribution in [3.63, 3.8) is 0 Å². The van der Waals surface area contributed by atoms with Crippen molar-refractivity contribution >= 4 is 67.9 Å². The number of para-hydroxylation sites is 1. The van der Waals surface area contributed by atoms with Crippen LogP contribution in [0.15, 0.2) is 120 Å². The van der Waals surface area contributed by atoms with Crippen LogP contribution in [0.2, 0.25) is 0 Å². The molecule has 11 N–H and O–H groups in total. The summed E-state index contributed by atoms with van der Waals surface area (Å²) in [6, 6.07) is 30.2. The van der Waals surface area contributed by atoms with Gasteiger partial charge in [0.25, 0.3) is 0 Å². The van der Waals surface area contributed by atoms with Crippen molar-refractivity contribution in [3.8, 4) is 0 Å². The Hall–Kier alpha value is -7.22. The summed E-state index contributed by atoms with van der Waals surface area (Å²) in [7, 11) is 0. The number of nitrogens with one attached hydrogen (secondary N) is 5. The summed E-state index contributed by atoms with van der Waals surface area (Å²) < 4.78 is 0. The van der Waals surface area contributed by atoms with Crippen LogP contribution in [0.25, 0.3) is 32.4 Å². The van der Waals surface area contributed by atoms with Gasteiger partial charge in [-0.3, -0.25) is 29.0 Å². The van der Waals surface area contributed by atoms with Gasteiger partial charge in [0, 0.05) is 49.8 Å². The van der Waals surface area contributed by atoms with Crippen molar-refractivity contribution in [2.75, 3.05) is 6.54 Å². The maximum Gasteiger partial charge on any atom is 0.243 e.